The van der Waals surface area contributed by atoms with Gasteiger partial charge in [0.1, 0.15) is 24.1 Å². The van der Waals surface area contributed by atoms with Crippen LogP contribution in [0.1, 0.15) is 50.9 Å². The second-order valence-corrected chi connectivity index (χ2v) is 6.73. The molecule has 2 rings (SSSR count). The van der Waals surface area contributed by atoms with Gasteiger partial charge in [-0.05, 0) is 18.3 Å². The normalized spacial score (nSPS) is 30.4. The summed E-state index contributed by atoms with van der Waals surface area (Å²) in [4.78, 5) is 4.35. The van der Waals surface area contributed by atoms with Crippen LogP contribution in [0.15, 0.2) is 6.20 Å². The van der Waals surface area contributed by atoms with E-state index in [9.17, 15) is 20.4 Å². The van der Waals surface area contributed by atoms with E-state index in [0.29, 0.717) is 5.82 Å². The first-order valence-electron chi connectivity index (χ1n) is 6.97. The van der Waals surface area contributed by atoms with Gasteiger partial charge >= 0.3 is 0 Å². The van der Waals surface area contributed by atoms with Gasteiger partial charge in [-0.25, -0.2) is 4.98 Å². The second-order valence-electron chi connectivity index (χ2n) is 6.73. The number of fused-ring (bicyclic) bond motifs is 1. The highest BCUT2D eigenvalue weighted by atomic mass is 16.4. The van der Waals surface area contributed by atoms with E-state index in [1.165, 1.54) is 0 Å². The van der Waals surface area contributed by atoms with Gasteiger partial charge in [-0.1, -0.05) is 20.8 Å². The third kappa shape index (κ3) is 2.88. The third-order valence-electron chi connectivity index (χ3n) is 3.82. The predicted molar refractivity (Wildman–Crippen MR) is 73.1 cm³/mol. The third-order valence-corrected chi connectivity index (χ3v) is 3.82. The molecule has 0 spiro atoms. The van der Waals surface area contributed by atoms with Crippen molar-refractivity contribution in [2.75, 3.05) is 6.61 Å². The fraction of sp³-hybridized carbons (Fsp3) is 0.786. The maximum absolute atomic E-state index is 9.98. The largest absolute Gasteiger partial charge is 0.394 e. The SMILES string of the molecule is CC(C)(C)CCc1cn2c(n1)[C@H](O)[C@@H](O)[C@H](O)[C@H]2CO. The van der Waals surface area contributed by atoms with Crippen molar-refractivity contribution in [3.8, 4) is 0 Å². The van der Waals surface area contributed by atoms with Crippen LogP contribution in [0.4, 0.5) is 0 Å². The van der Waals surface area contributed by atoms with Gasteiger partial charge in [0.05, 0.1) is 18.3 Å². The molecule has 0 aromatic carbocycles. The standard InChI is InChI=1S/C14H24N2O4/c1-14(2,3)5-4-8-6-16-9(7-17)10(18)11(19)12(20)13(16)15-8/h6,9-12,17-20H,4-5,7H2,1-3H3/t9-,10-,11+,12-/m1/s1. The fourth-order valence-corrected chi connectivity index (χ4v) is 2.50. The molecule has 4 atom stereocenters. The lowest BCUT2D eigenvalue weighted by Gasteiger charge is -2.35. The Kier molecular flexibility index (Phi) is 4.20. The van der Waals surface area contributed by atoms with Gasteiger partial charge in [-0.3, -0.25) is 0 Å². The van der Waals surface area contributed by atoms with E-state index >= 15 is 0 Å². The number of aliphatic hydroxyl groups excluding tert-OH is 4. The molecule has 6 nitrogen and oxygen atoms in total. The van der Waals surface area contributed by atoms with Crippen LogP contribution in [0, 0.1) is 5.41 Å². The summed E-state index contributed by atoms with van der Waals surface area (Å²) in [5.74, 6) is 0.311. The van der Waals surface area contributed by atoms with Crippen molar-refractivity contribution < 1.29 is 20.4 Å². The van der Waals surface area contributed by atoms with Gasteiger partial charge in [0, 0.05) is 6.20 Å². The summed E-state index contributed by atoms with van der Waals surface area (Å²) in [5, 5.41) is 39.1. The van der Waals surface area contributed by atoms with E-state index in [1.54, 1.807) is 10.8 Å². The molecule has 6 heteroatoms. The lowest BCUT2D eigenvalue weighted by Crippen LogP contribution is -2.46. The predicted octanol–water partition coefficient (Wildman–Crippen LogP) is 0.164. The molecule has 0 bridgehead atoms. The molecule has 0 radical (unpaired) electrons. The van der Waals surface area contributed by atoms with Gasteiger partial charge in [0.2, 0.25) is 0 Å². The maximum Gasteiger partial charge on any atom is 0.141 e. The van der Waals surface area contributed by atoms with E-state index in [2.05, 4.69) is 25.8 Å². The first-order valence-corrected chi connectivity index (χ1v) is 6.97. The molecule has 0 saturated carbocycles. The molecule has 1 aliphatic heterocycles. The highest BCUT2D eigenvalue weighted by Crippen LogP contribution is 2.33. The van der Waals surface area contributed by atoms with E-state index in [-0.39, 0.29) is 12.0 Å². The van der Waals surface area contributed by atoms with Gasteiger partial charge in [0.25, 0.3) is 0 Å². The van der Waals surface area contributed by atoms with Crippen molar-refractivity contribution in [1.82, 2.24) is 9.55 Å². The molecule has 1 aromatic rings. The van der Waals surface area contributed by atoms with E-state index < -0.39 is 24.4 Å². The summed E-state index contributed by atoms with van der Waals surface area (Å²) in [5.41, 5.74) is 0.978. The van der Waals surface area contributed by atoms with Crippen molar-refractivity contribution in [3.63, 3.8) is 0 Å². The smallest absolute Gasteiger partial charge is 0.141 e. The molecule has 20 heavy (non-hydrogen) atoms. The molecule has 0 fully saturated rings. The molecule has 4 N–H and O–H groups in total. The number of hydrogen-bond donors (Lipinski definition) is 4. The molecule has 0 saturated heterocycles. The number of aromatic nitrogens is 2. The molecule has 2 heterocycles. The van der Waals surface area contributed by atoms with Crippen molar-refractivity contribution in [2.45, 2.75) is 58.0 Å². The molecule has 114 valence electrons. The van der Waals surface area contributed by atoms with Crippen LogP contribution >= 0.6 is 0 Å². The number of hydrogen-bond acceptors (Lipinski definition) is 5. The Morgan fingerprint density at radius 1 is 1.20 bits per heavy atom. The Morgan fingerprint density at radius 3 is 2.40 bits per heavy atom. The van der Waals surface area contributed by atoms with Crippen molar-refractivity contribution in [1.29, 1.82) is 0 Å². The van der Waals surface area contributed by atoms with Crippen LogP contribution in [-0.4, -0.2) is 48.8 Å². The van der Waals surface area contributed by atoms with Crippen molar-refractivity contribution in [3.05, 3.63) is 17.7 Å². The lowest BCUT2D eigenvalue weighted by molar-refractivity contribution is -0.108. The molecule has 1 aliphatic rings. The van der Waals surface area contributed by atoms with Gasteiger partial charge in [-0.2, -0.15) is 0 Å². The van der Waals surface area contributed by atoms with Crippen LogP contribution in [0.5, 0.6) is 0 Å². The summed E-state index contributed by atoms with van der Waals surface area (Å²) in [6.07, 6.45) is -0.309. The number of aryl methyl sites for hydroxylation is 1. The highest BCUT2D eigenvalue weighted by molar-refractivity contribution is 5.14. The zero-order valence-corrected chi connectivity index (χ0v) is 12.2. The monoisotopic (exact) mass is 284 g/mol. The number of imidazole rings is 1. The molecule has 0 unspecified atom stereocenters. The molecular formula is C14H24N2O4. The fourth-order valence-electron chi connectivity index (χ4n) is 2.50. The summed E-state index contributed by atoms with van der Waals surface area (Å²) in [6.45, 7) is 6.11. The zero-order valence-electron chi connectivity index (χ0n) is 12.2. The Labute approximate surface area is 118 Å². The second kappa shape index (κ2) is 5.44. The average molecular weight is 284 g/mol. The minimum atomic E-state index is -1.32. The Bertz CT molecular complexity index is 466. The number of rotatable bonds is 3. The highest BCUT2D eigenvalue weighted by Gasteiger charge is 2.41. The van der Waals surface area contributed by atoms with Crippen LogP contribution in [-0.2, 0) is 6.42 Å². The minimum absolute atomic E-state index is 0.179. The maximum atomic E-state index is 9.98. The number of aliphatic hydroxyl groups is 4. The molecule has 0 aliphatic carbocycles. The molecule has 1 aromatic heterocycles. The first kappa shape index (κ1) is 15.4. The Hall–Kier alpha value is -0.950. The zero-order chi connectivity index (χ0) is 15.1. The average Bonchev–Trinajstić information content (AvgIpc) is 2.78. The van der Waals surface area contributed by atoms with Gasteiger partial charge in [0.15, 0.2) is 0 Å². The summed E-state index contributed by atoms with van der Waals surface area (Å²) in [6, 6.07) is -0.667. The topological polar surface area (TPSA) is 98.7 Å². The first-order chi connectivity index (χ1) is 9.24. The summed E-state index contributed by atoms with van der Waals surface area (Å²) in [7, 11) is 0. The van der Waals surface area contributed by atoms with Crippen molar-refractivity contribution in [2.24, 2.45) is 5.41 Å². The van der Waals surface area contributed by atoms with E-state index in [1.807, 2.05) is 0 Å². The van der Waals surface area contributed by atoms with Gasteiger partial charge < -0.3 is 25.0 Å². The molecule has 0 amide bonds. The van der Waals surface area contributed by atoms with Crippen LogP contribution < -0.4 is 0 Å². The Morgan fingerprint density at radius 2 is 1.85 bits per heavy atom. The quantitative estimate of drug-likeness (QED) is 0.634. The molecular weight excluding hydrogens is 260 g/mol. The van der Waals surface area contributed by atoms with E-state index in [0.717, 1.165) is 18.5 Å². The Balaban J connectivity index is 2.26. The minimum Gasteiger partial charge on any atom is -0.394 e. The van der Waals surface area contributed by atoms with Crippen LogP contribution in [0.25, 0.3) is 0 Å². The summed E-state index contributed by atoms with van der Waals surface area (Å²) < 4.78 is 1.58. The summed E-state index contributed by atoms with van der Waals surface area (Å²) >= 11 is 0. The van der Waals surface area contributed by atoms with Gasteiger partial charge in [-0.15, -0.1) is 0 Å². The van der Waals surface area contributed by atoms with Crippen molar-refractivity contribution >= 4 is 0 Å². The van der Waals surface area contributed by atoms with Crippen LogP contribution in [0.2, 0.25) is 0 Å². The van der Waals surface area contributed by atoms with Crippen LogP contribution in [0.3, 0.4) is 0 Å². The number of nitrogens with zero attached hydrogens (tertiary/aromatic N) is 2. The van der Waals surface area contributed by atoms with E-state index in [4.69, 9.17) is 0 Å². The lowest BCUT2D eigenvalue weighted by atomic mass is 9.90.